The normalized spacial score (nSPS) is 12.8. The van der Waals surface area contributed by atoms with Crippen LogP contribution in [0.4, 0.5) is 0 Å². The number of phenolic OH excluding ortho intramolecular Hbond substituents is 1. The number of rotatable bonds is 6. The highest BCUT2D eigenvalue weighted by molar-refractivity contribution is 5.41. The van der Waals surface area contributed by atoms with E-state index in [4.69, 9.17) is 4.74 Å². The molecule has 0 heterocycles. The zero-order valence-electron chi connectivity index (χ0n) is 10.6. The van der Waals surface area contributed by atoms with Crippen LogP contribution in [0.1, 0.15) is 19.4 Å². The highest BCUT2D eigenvalue weighted by atomic mass is 16.5. The summed E-state index contributed by atoms with van der Waals surface area (Å²) in [6.07, 6.45) is -0.346. The van der Waals surface area contributed by atoms with Crippen LogP contribution in [-0.2, 0) is 6.54 Å². The van der Waals surface area contributed by atoms with E-state index >= 15 is 0 Å². The number of hydrogen-bond donors (Lipinski definition) is 3. The summed E-state index contributed by atoms with van der Waals surface area (Å²) in [6, 6.07) is 5.27. The Morgan fingerprint density at radius 2 is 2.06 bits per heavy atom. The first-order valence-corrected chi connectivity index (χ1v) is 5.79. The molecule has 0 bridgehead atoms. The number of nitrogens with one attached hydrogen (secondary N) is 1. The van der Waals surface area contributed by atoms with E-state index in [2.05, 4.69) is 5.32 Å². The Hall–Kier alpha value is -1.26. The van der Waals surface area contributed by atoms with Gasteiger partial charge in [-0.3, -0.25) is 0 Å². The molecule has 0 aliphatic carbocycles. The van der Waals surface area contributed by atoms with E-state index < -0.39 is 0 Å². The van der Waals surface area contributed by atoms with E-state index in [-0.39, 0.29) is 17.8 Å². The summed E-state index contributed by atoms with van der Waals surface area (Å²) in [5.74, 6) is 0.846. The molecule has 1 aromatic rings. The molecule has 4 heteroatoms. The van der Waals surface area contributed by atoms with Crippen LogP contribution in [0.25, 0.3) is 0 Å². The van der Waals surface area contributed by atoms with Crippen LogP contribution in [0.2, 0.25) is 0 Å². The maximum atomic E-state index is 9.61. The fourth-order valence-electron chi connectivity index (χ4n) is 1.45. The smallest absolute Gasteiger partial charge is 0.160 e. The van der Waals surface area contributed by atoms with Crippen molar-refractivity contribution in [2.45, 2.75) is 26.5 Å². The van der Waals surface area contributed by atoms with E-state index in [1.165, 1.54) is 7.11 Å². The van der Waals surface area contributed by atoms with Crippen LogP contribution in [-0.4, -0.2) is 30.0 Å². The molecule has 1 aromatic carbocycles. The minimum absolute atomic E-state index is 0.135. The quantitative estimate of drug-likeness (QED) is 0.704. The predicted octanol–water partition coefficient (Wildman–Crippen LogP) is 1.51. The molecule has 0 aromatic heterocycles. The fourth-order valence-corrected chi connectivity index (χ4v) is 1.45. The number of aliphatic hydroxyl groups excluding tert-OH is 1. The lowest BCUT2D eigenvalue weighted by Crippen LogP contribution is -2.30. The van der Waals surface area contributed by atoms with Gasteiger partial charge in [0.2, 0.25) is 0 Å². The van der Waals surface area contributed by atoms with Crippen molar-refractivity contribution in [2.24, 2.45) is 5.92 Å². The maximum absolute atomic E-state index is 9.61. The van der Waals surface area contributed by atoms with Crippen molar-refractivity contribution in [3.8, 4) is 11.5 Å². The lowest BCUT2D eigenvalue weighted by Gasteiger charge is -2.15. The van der Waals surface area contributed by atoms with Crippen molar-refractivity contribution in [2.75, 3.05) is 13.7 Å². The summed E-state index contributed by atoms with van der Waals surface area (Å²) in [4.78, 5) is 0. The highest BCUT2D eigenvalue weighted by Crippen LogP contribution is 2.25. The molecule has 0 aliphatic rings. The molecule has 1 unspecified atom stereocenters. The first-order chi connectivity index (χ1) is 8.04. The molecule has 0 spiro atoms. The molecule has 0 aliphatic heterocycles. The number of benzene rings is 1. The van der Waals surface area contributed by atoms with Gasteiger partial charge in [-0.05, 0) is 23.6 Å². The van der Waals surface area contributed by atoms with Crippen molar-refractivity contribution in [1.29, 1.82) is 0 Å². The molecule has 1 rings (SSSR count). The number of aromatic hydroxyl groups is 1. The second-order valence-corrected chi connectivity index (χ2v) is 4.45. The highest BCUT2D eigenvalue weighted by Gasteiger charge is 2.08. The Morgan fingerprint density at radius 1 is 1.35 bits per heavy atom. The maximum Gasteiger partial charge on any atom is 0.160 e. The van der Waals surface area contributed by atoms with Crippen LogP contribution in [0.5, 0.6) is 11.5 Å². The minimum Gasteiger partial charge on any atom is -0.504 e. The van der Waals surface area contributed by atoms with Gasteiger partial charge in [0.25, 0.3) is 0 Å². The number of aliphatic hydroxyl groups is 1. The first-order valence-electron chi connectivity index (χ1n) is 5.79. The summed E-state index contributed by atoms with van der Waals surface area (Å²) in [5, 5.41) is 22.3. The summed E-state index contributed by atoms with van der Waals surface area (Å²) >= 11 is 0. The minimum atomic E-state index is -0.346. The van der Waals surface area contributed by atoms with Crippen molar-refractivity contribution in [1.82, 2.24) is 5.32 Å². The zero-order valence-corrected chi connectivity index (χ0v) is 10.6. The van der Waals surface area contributed by atoms with Crippen LogP contribution < -0.4 is 10.1 Å². The first kappa shape index (κ1) is 13.8. The van der Waals surface area contributed by atoms with E-state index in [0.29, 0.717) is 18.8 Å². The molecule has 0 fully saturated rings. The number of methoxy groups -OCH3 is 1. The second-order valence-electron chi connectivity index (χ2n) is 4.45. The van der Waals surface area contributed by atoms with Crippen molar-refractivity contribution in [3.63, 3.8) is 0 Å². The van der Waals surface area contributed by atoms with E-state index in [9.17, 15) is 10.2 Å². The second kappa shape index (κ2) is 6.47. The average Bonchev–Trinajstić information content (AvgIpc) is 2.29. The summed E-state index contributed by atoms with van der Waals surface area (Å²) in [6.45, 7) is 5.11. The summed E-state index contributed by atoms with van der Waals surface area (Å²) in [7, 11) is 1.52. The number of phenols is 1. The molecule has 1 atom stereocenters. The molecular formula is C13H21NO3. The van der Waals surface area contributed by atoms with Crippen LogP contribution in [0, 0.1) is 5.92 Å². The average molecular weight is 239 g/mol. The SMILES string of the molecule is COc1ccc(CNCC(O)C(C)C)cc1O. The third-order valence-electron chi connectivity index (χ3n) is 2.70. The van der Waals surface area contributed by atoms with Crippen LogP contribution in [0.3, 0.4) is 0 Å². The molecular weight excluding hydrogens is 218 g/mol. The van der Waals surface area contributed by atoms with Gasteiger partial charge in [0.15, 0.2) is 11.5 Å². The standard InChI is InChI=1S/C13H21NO3/c1-9(2)12(16)8-14-7-10-4-5-13(17-3)11(15)6-10/h4-6,9,12,14-16H,7-8H2,1-3H3. The Bertz CT molecular complexity index is 353. The third-order valence-corrected chi connectivity index (χ3v) is 2.70. The lowest BCUT2D eigenvalue weighted by atomic mass is 10.1. The molecule has 4 nitrogen and oxygen atoms in total. The number of ether oxygens (including phenoxy) is 1. The largest absolute Gasteiger partial charge is 0.504 e. The molecule has 0 saturated heterocycles. The van der Waals surface area contributed by atoms with E-state index in [0.717, 1.165) is 5.56 Å². The lowest BCUT2D eigenvalue weighted by molar-refractivity contribution is 0.123. The third kappa shape index (κ3) is 4.24. The van der Waals surface area contributed by atoms with Crippen LogP contribution in [0.15, 0.2) is 18.2 Å². The van der Waals surface area contributed by atoms with Gasteiger partial charge in [-0.1, -0.05) is 19.9 Å². The Morgan fingerprint density at radius 3 is 2.59 bits per heavy atom. The van der Waals surface area contributed by atoms with E-state index in [1.807, 2.05) is 19.9 Å². The molecule has 0 saturated carbocycles. The van der Waals surface area contributed by atoms with Crippen molar-refractivity contribution < 1.29 is 14.9 Å². The Labute approximate surface area is 102 Å². The summed E-state index contributed by atoms with van der Waals surface area (Å²) in [5.41, 5.74) is 0.958. The zero-order chi connectivity index (χ0) is 12.8. The molecule has 96 valence electrons. The van der Waals surface area contributed by atoms with Crippen LogP contribution >= 0.6 is 0 Å². The molecule has 0 amide bonds. The van der Waals surface area contributed by atoms with Gasteiger partial charge in [0.05, 0.1) is 13.2 Å². The van der Waals surface area contributed by atoms with Crippen molar-refractivity contribution in [3.05, 3.63) is 23.8 Å². The van der Waals surface area contributed by atoms with Crippen molar-refractivity contribution >= 4 is 0 Å². The molecule has 3 N–H and O–H groups in total. The van der Waals surface area contributed by atoms with Gasteiger partial charge in [0.1, 0.15) is 0 Å². The van der Waals surface area contributed by atoms with Gasteiger partial charge >= 0.3 is 0 Å². The Balaban J connectivity index is 2.45. The Kier molecular flexibility index (Phi) is 5.25. The molecule has 17 heavy (non-hydrogen) atoms. The predicted molar refractivity (Wildman–Crippen MR) is 67.2 cm³/mol. The number of hydrogen-bond acceptors (Lipinski definition) is 4. The monoisotopic (exact) mass is 239 g/mol. The summed E-state index contributed by atoms with van der Waals surface area (Å²) < 4.78 is 4.96. The van der Waals surface area contributed by atoms with E-state index in [1.54, 1.807) is 12.1 Å². The van der Waals surface area contributed by atoms with Gasteiger partial charge < -0.3 is 20.3 Å². The topological polar surface area (TPSA) is 61.7 Å². The van der Waals surface area contributed by atoms with Gasteiger partial charge in [0, 0.05) is 13.1 Å². The molecule has 0 radical (unpaired) electrons. The van der Waals surface area contributed by atoms with Gasteiger partial charge in [-0.25, -0.2) is 0 Å². The fraction of sp³-hybridized carbons (Fsp3) is 0.538. The van der Waals surface area contributed by atoms with Gasteiger partial charge in [-0.2, -0.15) is 0 Å². The van der Waals surface area contributed by atoms with Gasteiger partial charge in [-0.15, -0.1) is 0 Å².